The number of hydrogen-bond donors (Lipinski definition) is 0. The summed E-state index contributed by atoms with van der Waals surface area (Å²) in [5, 5.41) is 0.589. The summed E-state index contributed by atoms with van der Waals surface area (Å²) in [5.41, 5.74) is 1.07. The normalized spacial score (nSPS) is 18.8. The van der Waals surface area contributed by atoms with Crippen molar-refractivity contribution in [3.63, 3.8) is 0 Å². The van der Waals surface area contributed by atoms with Gasteiger partial charge in [0.05, 0.1) is 5.69 Å². The Morgan fingerprint density at radius 3 is 2.65 bits per heavy atom. The number of rotatable bonds is 3. The first-order chi connectivity index (χ1) is 8.15. The van der Waals surface area contributed by atoms with Gasteiger partial charge >= 0.3 is 0 Å². The highest BCUT2D eigenvalue weighted by atomic mass is 35.5. The van der Waals surface area contributed by atoms with E-state index in [1.54, 1.807) is 0 Å². The van der Waals surface area contributed by atoms with E-state index in [9.17, 15) is 0 Å². The van der Waals surface area contributed by atoms with Crippen molar-refractivity contribution < 1.29 is 0 Å². The zero-order chi connectivity index (χ0) is 12.3. The molecule has 1 saturated heterocycles. The standard InChI is InChI=1S/C13H20ClN3/c1-16(2)12-6-8-17(9-7-12)10-11-4-3-5-13(14)15-11/h3-5,12H,6-10H2,1-2H3. The Hall–Kier alpha value is -0.640. The van der Waals surface area contributed by atoms with Gasteiger partial charge in [-0.05, 0) is 39.1 Å². The molecule has 0 aliphatic carbocycles. The van der Waals surface area contributed by atoms with E-state index in [1.807, 2.05) is 18.2 Å². The number of nitrogens with zero attached hydrogens (tertiary/aromatic N) is 3. The third-order valence-corrected chi connectivity index (χ3v) is 3.66. The lowest BCUT2D eigenvalue weighted by molar-refractivity contribution is 0.139. The van der Waals surface area contributed by atoms with Crippen molar-refractivity contribution in [3.05, 3.63) is 29.0 Å². The molecule has 0 spiro atoms. The summed E-state index contributed by atoms with van der Waals surface area (Å²) in [4.78, 5) is 9.12. The second kappa shape index (κ2) is 5.80. The maximum atomic E-state index is 5.89. The molecule has 0 N–H and O–H groups in total. The fourth-order valence-electron chi connectivity index (χ4n) is 2.36. The van der Waals surface area contributed by atoms with Crippen LogP contribution in [0.3, 0.4) is 0 Å². The second-order valence-corrected chi connectivity index (χ2v) is 5.31. The summed E-state index contributed by atoms with van der Waals surface area (Å²) >= 11 is 5.89. The summed E-state index contributed by atoms with van der Waals surface area (Å²) in [6.07, 6.45) is 2.49. The summed E-state index contributed by atoms with van der Waals surface area (Å²) in [6, 6.07) is 6.57. The van der Waals surface area contributed by atoms with Gasteiger partial charge in [0.15, 0.2) is 0 Å². The van der Waals surface area contributed by atoms with Gasteiger partial charge in [-0.3, -0.25) is 4.90 Å². The van der Waals surface area contributed by atoms with Gasteiger partial charge in [-0.1, -0.05) is 17.7 Å². The molecule has 1 aliphatic rings. The van der Waals surface area contributed by atoms with Crippen molar-refractivity contribution in [2.24, 2.45) is 0 Å². The van der Waals surface area contributed by atoms with E-state index in [-0.39, 0.29) is 0 Å². The zero-order valence-electron chi connectivity index (χ0n) is 10.6. The van der Waals surface area contributed by atoms with Crippen molar-refractivity contribution in [1.29, 1.82) is 0 Å². The molecule has 0 aromatic carbocycles. The van der Waals surface area contributed by atoms with E-state index >= 15 is 0 Å². The van der Waals surface area contributed by atoms with Crippen LogP contribution in [0.25, 0.3) is 0 Å². The molecule has 0 amide bonds. The van der Waals surface area contributed by atoms with Crippen LogP contribution < -0.4 is 0 Å². The molecule has 0 unspecified atom stereocenters. The Labute approximate surface area is 108 Å². The first kappa shape index (κ1) is 12.8. The van der Waals surface area contributed by atoms with Gasteiger partial charge in [-0.25, -0.2) is 4.98 Å². The largest absolute Gasteiger partial charge is 0.306 e. The predicted molar refractivity (Wildman–Crippen MR) is 71.2 cm³/mol. The van der Waals surface area contributed by atoms with Crippen LogP contribution in [-0.2, 0) is 6.54 Å². The molecular formula is C13H20ClN3. The number of likely N-dealkylation sites (tertiary alicyclic amines) is 1. The third kappa shape index (κ3) is 3.66. The Balaban J connectivity index is 1.86. The highest BCUT2D eigenvalue weighted by Gasteiger charge is 2.20. The average Bonchev–Trinajstić information content (AvgIpc) is 2.29. The fraction of sp³-hybridized carbons (Fsp3) is 0.615. The van der Waals surface area contributed by atoms with Gasteiger partial charge in [0, 0.05) is 25.7 Å². The smallest absolute Gasteiger partial charge is 0.129 e. The zero-order valence-corrected chi connectivity index (χ0v) is 11.3. The number of piperidine rings is 1. The van der Waals surface area contributed by atoms with Gasteiger partial charge in [0.2, 0.25) is 0 Å². The minimum Gasteiger partial charge on any atom is -0.306 e. The second-order valence-electron chi connectivity index (χ2n) is 4.92. The summed E-state index contributed by atoms with van der Waals surface area (Å²) < 4.78 is 0. The minimum atomic E-state index is 0.589. The Morgan fingerprint density at radius 1 is 1.35 bits per heavy atom. The van der Waals surface area contributed by atoms with Gasteiger partial charge < -0.3 is 4.90 Å². The van der Waals surface area contributed by atoms with E-state index in [4.69, 9.17) is 11.6 Å². The molecule has 4 heteroatoms. The number of pyridine rings is 1. The Morgan fingerprint density at radius 2 is 2.06 bits per heavy atom. The van der Waals surface area contributed by atoms with Gasteiger partial charge in [-0.15, -0.1) is 0 Å². The molecular weight excluding hydrogens is 234 g/mol. The quantitative estimate of drug-likeness (QED) is 0.771. The van der Waals surface area contributed by atoms with Gasteiger partial charge in [-0.2, -0.15) is 0 Å². The molecule has 1 aromatic heterocycles. The molecule has 0 bridgehead atoms. The summed E-state index contributed by atoms with van der Waals surface area (Å²) in [5.74, 6) is 0. The van der Waals surface area contributed by atoms with E-state index in [0.29, 0.717) is 5.15 Å². The van der Waals surface area contributed by atoms with Crippen molar-refractivity contribution in [3.8, 4) is 0 Å². The molecule has 2 rings (SSSR count). The van der Waals surface area contributed by atoms with Crippen LogP contribution in [0.4, 0.5) is 0 Å². The predicted octanol–water partition coefficient (Wildman–Crippen LogP) is 2.26. The topological polar surface area (TPSA) is 19.4 Å². The van der Waals surface area contributed by atoms with Crippen LogP contribution in [0.15, 0.2) is 18.2 Å². The molecule has 1 aliphatic heterocycles. The molecule has 1 fully saturated rings. The first-order valence-corrected chi connectivity index (χ1v) is 6.53. The summed E-state index contributed by atoms with van der Waals surface area (Å²) in [6.45, 7) is 3.22. The molecule has 3 nitrogen and oxygen atoms in total. The van der Waals surface area contributed by atoms with Gasteiger partial charge in [0.25, 0.3) is 0 Å². The number of hydrogen-bond acceptors (Lipinski definition) is 3. The third-order valence-electron chi connectivity index (χ3n) is 3.45. The highest BCUT2D eigenvalue weighted by Crippen LogP contribution is 2.16. The summed E-state index contributed by atoms with van der Waals surface area (Å²) in [7, 11) is 4.33. The molecule has 17 heavy (non-hydrogen) atoms. The Kier molecular flexibility index (Phi) is 4.37. The van der Waals surface area contributed by atoms with Crippen molar-refractivity contribution >= 4 is 11.6 Å². The molecule has 2 heterocycles. The molecule has 0 radical (unpaired) electrons. The molecule has 0 saturated carbocycles. The van der Waals surface area contributed by atoms with Crippen LogP contribution in [0.2, 0.25) is 5.15 Å². The monoisotopic (exact) mass is 253 g/mol. The lowest BCUT2D eigenvalue weighted by Gasteiger charge is -2.34. The van der Waals surface area contributed by atoms with E-state index < -0.39 is 0 Å². The van der Waals surface area contributed by atoms with Crippen LogP contribution >= 0.6 is 11.6 Å². The van der Waals surface area contributed by atoms with Crippen LogP contribution in [-0.4, -0.2) is 48.0 Å². The van der Waals surface area contributed by atoms with Crippen LogP contribution in [0, 0.1) is 0 Å². The maximum Gasteiger partial charge on any atom is 0.129 e. The van der Waals surface area contributed by atoms with Crippen molar-refractivity contribution in [2.75, 3.05) is 27.2 Å². The number of halogens is 1. The lowest BCUT2D eigenvalue weighted by atomic mass is 10.0. The maximum absolute atomic E-state index is 5.89. The van der Waals surface area contributed by atoms with Crippen LogP contribution in [0.1, 0.15) is 18.5 Å². The van der Waals surface area contributed by atoms with E-state index in [0.717, 1.165) is 31.4 Å². The van der Waals surface area contributed by atoms with Crippen molar-refractivity contribution in [1.82, 2.24) is 14.8 Å². The van der Waals surface area contributed by atoms with E-state index in [2.05, 4.69) is 28.9 Å². The Bertz CT molecular complexity index is 359. The van der Waals surface area contributed by atoms with E-state index in [1.165, 1.54) is 12.8 Å². The van der Waals surface area contributed by atoms with Crippen LogP contribution in [0.5, 0.6) is 0 Å². The fourth-order valence-corrected chi connectivity index (χ4v) is 2.54. The molecule has 94 valence electrons. The molecule has 0 atom stereocenters. The molecule has 1 aromatic rings. The SMILES string of the molecule is CN(C)C1CCN(Cc2cccc(Cl)n2)CC1. The average molecular weight is 254 g/mol. The number of aromatic nitrogens is 1. The van der Waals surface area contributed by atoms with Crippen molar-refractivity contribution in [2.45, 2.75) is 25.4 Å². The highest BCUT2D eigenvalue weighted by molar-refractivity contribution is 6.29. The first-order valence-electron chi connectivity index (χ1n) is 6.15. The lowest BCUT2D eigenvalue weighted by Crippen LogP contribution is -2.41. The minimum absolute atomic E-state index is 0.589. The van der Waals surface area contributed by atoms with Gasteiger partial charge in [0.1, 0.15) is 5.15 Å².